The van der Waals surface area contributed by atoms with Gasteiger partial charge in [-0.3, -0.25) is 0 Å². The molecule has 0 aliphatic rings. The van der Waals surface area contributed by atoms with E-state index in [4.69, 9.17) is 0 Å². The molecule has 0 amide bonds. The molecule has 0 radical (unpaired) electrons. The van der Waals surface area contributed by atoms with Crippen molar-refractivity contribution in [1.82, 2.24) is 5.32 Å². The van der Waals surface area contributed by atoms with E-state index in [2.05, 4.69) is 5.32 Å². The van der Waals surface area contributed by atoms with Crippen molar-refractivity contribution in [2.45, 2.75) is 19.4 Å². The van der Waals surface area contributed by atoms with Gasteiger partial charge >= 0.3 is 0 Å². The van der Waals surface area contributed by atoms with Gasteiger partial charge in [-0.25, -0.2) is 0 Å². The number of aryl methyl sites for hydroxylation is 1. The van der Waals surface area contributed by atoms with Gasteiger partial charge in [0.05, 0.1) is 6.10 Å². The second-order valence-electron chi connectivity index (χ2n) is 3.32. The minimum Gasteiger partial charge on any atom is -0.388 e. The first-order valence-corrected chi connectivity index (χ1v) is 4.63. The maximum absolute atomic E-state index is 9.74. The predicted molar refractivity (Wildman–Crippen MR) is 54.7 cm³/mol. The van der Waals surface area contributed by atoms with E-state index in [0.29, 0.717) is 0 Å². The van der Waals surface area contributed by atoms with Crippen LogP contribution in [0.5, 0.6) is 0 Å². The van der Waals surface area contributed by atoms with Gasteiger partial charge in [-0.05, 0) is 32.5 Å². The molecule has 0 fully saturated rings. The van der Waals surface area contributed by atoms with Crippen LogP contribution in [-0.4, -0.2) is 18.7 Å². The largest absolute Gasteiger partial charge is 0.388 e. The molecule has 0 aliphatic heterocycles. The van der Waals surface area contributed by atoms with E-state index >= 15 is 0 Å². The molecular formula is C11H17NO. The molecule has 0 bridgehead atoms. The van der Waals surface area contributed by atoms with E-state index in [1.54, 1.807) is 0 Å². The summed E-state index contributed by atoms with van der Waals surface area (Å²) in [5, 5.41) is 12.8. The molecule has 1 aromatic rings. The van der Waals surface area contributed by atoms with Crippen LogP contribution in [0.1, 0.15) is 23.7 Å². The highest BCUT2D eigenvalue weighted by Gasteiger charge is 2.05. The Balaban J connectivity index is 2.60. The summed E-state index contributed by atoms with van der Waals surface area (Å²) in [6, 6.07) is 8.01. The Morgan fingerprint density at radius 3 is 2.85 bits per heavy atom. The second-order valence-corrected chi connectivity index (χ2v) is 3.32. The van der Waals surface area contributed by atoms with Crippen molar-refractivity contribution >= 4 is 0 Å². The molecule has 0 saturated heterocycles. The number of aliphatic hydroxyl groups excluding tert-OH is 1. The standard InChI is InChI=1S/C11H17NO/c1-9-4-3-5-10(8-9)11(13)6-7-12-2/h3-5,8,11-13H,6-7H2,1-2H3/t11-/m1/s1. The van der Waals surface area contributed by atoms with E-state index in [1.165, 1.54) is 5.56 Å². The highest BCUT2D eigenvalue weighted by Crippen LogP contribution is 2.16. The quantitative estimate of drug-likeness (QED) is 0.736. The Morgan fingerprint density at radius 1 is 1.46 bits per heavy atom. The van der Waals surface area contributed by atoms with Gasteiger partial charge in [0.2, 0.25) is 0 Å². The molecule has 1 aromatic carbocycles. The first kappa shape index (κ1) is 10.2. The maximum Gasteiger partial charge on any atom is 0.0802 e. The summed E-state index contributed by atoms with van der Waals surface area (Å²) in [4.78, 5) is 0. The number of nitrogens with one attached hydrogen (secondary N) is 1. The molecule has 0 heterocycles. The van der Waals surface area contributed by atoms with Gasteiger partial charge in [-0.1, -0.05) is 29.8 Å². The van der Waals surface area contributed by atoms with Crippen molar-refractivity contribution in [2.24, 2.45) is 0 Å². The van der Waals surface area contributed by atoms with Gasteiger partial charge < -0.3 is 10.4 Å². The number of hydrogen-bond donors (Lipinski definition) is 2. The van der Waals surface area contributed by atoms with Crippen LogP contribution < -0.4 is 5.32 Å². The van der Waals surface area contributed by atoms with Gasteiger partial charge in [0, 0.05) is 0 Å². The molecule has 13 heavy (non-hydrogen) atoms. The first-order chi connectivity index (χ1) is 6.24. The topological polar surface area (TPSA) is 32.3 Å². The predicted octanol–water partition coefficient (Wildman–Crippen LogP) is 1.64. The van der Waals surface area contributed by atoms with E-state index in [0.717, 1.165) is 18.5 Å². The third-order valence-corrected chi connectivity index (χ3v) is 2.09. The molecule has 0 unspecified atom stereocenters. The van der Waals surface area contributed by atoms with Crippen LogP contribution in [0.3, 0.4) is 0 Å². The van der Waals surface area contributed by atoms with Crippen LogP contribution in [0, 0.1) is 6.92 Å². The summed E-state index contributed by atoms with van der Waals surface area (Å²) >= 11 is 0. The highest BCUT2D eigenvalue weighted by molar-refractivity contribution is 5.23. The Hall–Kier alpha value is -0.860. The van der Waals surface area contributed by atoms with Crippen molar-refractivity contribution in [3.05, 3.63) is 35.4 Å². The summed E-state index contributed by atoms with van der Waals surface area (Å²) in [5.41, 5.74) is 2.20. The lowest BCUT2D eigenvalue weighted by atomic mass is 10.0. The summed E-state index contributed by atoms with van der Waals surface area (Å²) < 4.78 is 0. The fraction of sp³-hybridized carbons (Fsp3) is 0.455. The molecule has 1 rings (SSSR count). The van der Waals surface area contributed by atoms with Gasteiger partial charge in [-0.15, -0.1) is 0 Å². The van der Waals surface area contributed by atoms with E-state index in [-0.39, 0.29) is 6.10 Å². The van der Waals surface area contributed by atoms with Crippen molar-refractivity contribution < 1.29 is 5.11 Å². The maximum atomic E-state index is 9.74. The van der Waals surface area contributed by atoms with Gasteiger partial charge in [0.1, 0.15) is 0 Å². The average molecular weight is 179 g/mol. The van der Waals surface area contributed by atoms with Crippen LogP contribution in [-0.2, 0) is 0 Å². The summed E-state index contributed by atoms with van der Waals surface area (Å²) in [7, 11) is 1.89. The molecule has 1 atom stereocenters. The second kappa shape index (κ2) is 5.00. The number of rotatable bonds is 4. The molecule has 2 N–H and O–H groups in total. The van der Waals surface area contributed by atoms with Gasteiger partial charge in [0.15, 0.2) is 0 Å². The lowest BCUT2D eigenvalue weighted by Gasteiger charge is -2.10. The monoisotopic (exact) mass is 179 g/mol. The number of hydrogen-bond acceptors (Lipinski definition) is 2. The third kappa shape index (κ3) is 3.17. The molecule has 0 saturated carbocycles. The smallest absolute Gasteiger partial charge is 0.0802 e. The minimum atomic E-state index is -0.340. The van der Waals surface area contributed by atoms with E-state index < -0.39 is 0 Å². The van der Waals surface area contributed by atoms with Crippen molar-refractivity contribution in [3.8, 4) is 0 Å². The van der Waals surface area contributed by atoms with Crippen LogP contribution in [0.4, 0.5) is 0 Å². The molecular weight excluding hydrogens is 162 g/mol. The summed E-state index contributed by atoms with van der Waals surface area (Å²) in [5.74, 6) is 0. The average Bonchev–Trinajstić information content (AvgIpc) is 2.14. The number of benzene rings is 1. The van der Waals surface area contributed by atoms with Crippen molar-refractivity contribution in [2.75, 3.05) is 13.6 Å². The minimum absolute atomic E-state index is 0.340. The molecule has 2 nitrogen and oxygen atoms in total. The van der Waals surface area contributed by atoms with Crippen LogP contribution in [0.2, 0.25) is 0 Å². The zero-order valence-corrected chi connectivity index (χ0v) is 8.25. The number of aliphatic hydroxyl groups is 1. The Kier molecular flexibility index (Phi) is 3.93. The Labute approximate surface area is 79.6 Å². The van der Waals surface area contributed by atoms with Crippen LogP contribution in [0.25, 0.3) is 0 Å². The van der Waals surface area contributed by atoms with Gasteiger partial charge in [0.25, 0.3) is 0 Å². The lowest BCUT2D eigenvalue weighted by molar-refractivity contribution is 0.167. The Bertz CT molecular complexity index is 260. The van der Waals surface area contributed by atoms with Crippen molar-refractivity contribution in [3.63, 3.8) is 0 Å². The van der Waals surface area contributed by atoms with Crippen molar-refractivity contribution in [1.29, 1.82) is 0 Å². The summed E-state index contributed by atoms with van der Waals surface area (Å²) in [6.45, 7) is 2.88. The SMILES string of the molecule is CNCC[C@@H](O)c1cccc(C)c1. The summed E-state index contributed by atoms with van der Waals surface area (Å²) in [6.07, 6.45) is 0.423. The molecule has 2 heteroatoms. The van der Waals surface area contributed by atoms with Crippen LogP contribution in [0.15, 0.2) is 24.3 Å². The molecule has 0 aliphatic carbocycles. The molecule has 72 valence electrons. The fourth-order valence-electron chi connectivity index (χ4n) is 1.33. The van der Waals surface area contributed by atoms with E-state index in [9.17, 15) is 5.11 Å². The zero-order chi connectivity index (χ0) is 9.68. The normalized spacial score (nSPS) is 12.8. The fourth-order valence-corrected chi connectivity index (χ4v) is 1.33. The Morgan fingerprint density at radius 2 is 2.23 bits per heavy atom. The lowest BCUT2D eigenvalue weighted by Crippen LogP contribution is -2.11. The zero-order valence-electron chi connectivity index (χ0n) is 8.25. The molecule has 0 aromatic heterocycles. The van der Waals surface area contributed by atoms with E-state index in [1.807, 2.05) is 38.2 Å². The third-order valence-electron chi connectivity index (χ3n) is 2.09. The molecule has 0 spiro atoms. The van der Waals surface area contributed by atoms with Gasteiger partial charge in [-0.2, -0.15) is 0 Å². The highest BCUT2D eigenvalue weighted by atomic mass is 16.3. The van der Waals surface area contributed by atoms with Crippen LogP contribution >= 0.6 is 0 Å². The first-order valence-electron chi connectivity index (χ1n) is 4.63.